The van der Waals surface area contributed by atoms with Gasteiger partial charge < -0.3 is 34.0 Å². The van der Waals surface area contributed by atoms with E-state index in [1.165, 1.54) is 39.9 Å². The molecule has 0 bridgehead atoms. The maximum atomic E-state index is 2.52. The number of hydrogen-bond donors (Lipinski definition) is 0. The van der Waals surface area contributed by atoms with E-state index in [-0.39, 0.29) is 34.0 Å². The molecule has 1 atom stereocenters. The van der Waals surface area contributed by atoms with Crippen molar-refractivity contribution in [2.45, 2.75) is 30.8 Å². The molecule has 1 heterocycles. The SMILES string of the molecule is CC1=CC[C]([Zr+2][CH]2C(n3c(C)cc4ccccc43)=Cc3ccccc32)=C1C.[Br-].[Br-]. The van der Waals surface area contributed by atoms with E-state index in [2.05, 4.69) is 92.1 Å². The van der Waals surface area contributed by atoms with Crippen molar-refractivity contribution in [3.63, 3.8) is 0 Å². The van der Waals surface area contributed by atoms with E-state index in [1.54, 1.807) is 14.4 Å². The molecule has 2 aliphatic carbocycles. The number of fused-ring (bicyclic) bond motifs is 2. The Hall–Kier alpha value is -0.957. The number of benzene rings is 2. The summed E-state index contributed by atoms with van der Waals surface area (Å²) in [6.45, 7) is 6.85. The Kier molecular flexibility index (Phi) is 7.08. The Morgan fingerprint density at radius 1 is 0.931 bits per heavy atom. The Labute approximate surface area is 205 Å². The number of allylic oxidation sites excluding steroid dienone is 5. The predicted molar refractivity (Wildman–Crippen MR) is 111 cm³/mol. The standard InChI is InChI=1S/C18H14N.C7H9.2BrH.Zr/c1-13-10-16-8-4-5-9-18(16)19(13)17-11-14-6-2-3-7-15(14)12-17;1-6-4-3-5-7(6)2;;;/h2-12H,1H3;4H,3H2,1-2H3;2*1H;/q;;;;+2/p-2. The van der Waals surface area contributed by atoms with E-state index in [0.717, 1.165) is 0 Å². The fraction of sp³-hybridized carbons (Fsp3) is 0.200. The zero-order valence-electron chi connectivity index (χ0n) is 16.8. The van der Waals surface area contributed by atoms with Gasteiger partial charge in [-0.15, -0.1) is 0 Å². The molecule has 2 aliphatic rings. The minimum Gasteiger partial charge on any atom is -1.00 e. The molecule has 1 nitrogen and oxygen atoms in total. The van der Waals surface area contributed by atoms with Crippen LogP contribution >= 0.6 is 0 Å². The van der Waals surface area contributed by atoms with Crippen LogP contribution in [0.1, 0.15) is 40.7 Å². The van der Waals surface area contributed by atoms with Gasteiger partial charge in [-0.3, -0.25) is 0 Å². The molecule has 0 N–H and O–H groups in total. The molecule has 2 aromatic carbocycles. The summed E-state index contributed by atoms with van der Waals surface area (Å²) in [5.41, 5.74) is 10.2. The van der Waals surface area contributed by atoms with E-state index < -0.39 is 23.2 Å². The van der Waals surface area contributed by atoms with Crippen LogP contribution in [0.25, 0.3) is 22.7 Å². The van der Waals surface area contributed by atoms with Gasteiger partial charge in [0, 0.05) is 0 Å². The van der Waals surface area contributed by atoms with Crippen LogP contribution in [0.5, 0.6) is 0 Å². The molecule has 0 fully saturated rings. The third-order valence-corrected chi connectivity index (χ3v) is 10.5. The largest absolute Gasteiger partial charge is 1.00 e. The second kappa shape index (κ2) is 9.04. The molecule has 0 amide bonds. The van der Waals surface area contributed by atoms with Gasteiger partial charge in [0.1, 0.15) is 0 Å². The first kappa shape index (κ1) is 22.7. The van der Waals surface area contributed by atoms with Crippen molar-refractivity contribution in [3.05, 3.63) is 91.9 Å². The number of rotatable bonds is 3. The van der Waals surface area contributed by atoms with Gasteiger partial charge in [-0.25, -0.2) is 0 Å². The predicted octanol–water partition coefficient (Wildman–Crippen LogP) is 0.717. The molecule has 1 aromatic heterocycles. The van der Waals surface area contributed by atoms with Crippen LogP contribution < -0.4 is 34.0 Å². The van der Waals surface area contributed by atoms with Gasteiger partial charge in [0.15, 0.2) is 0 Å². The van der Waals surface area contributed by atoms with Crippen LogP contribution in [-0.4, -0.2) is 4.57 Å². The first-order valence-electron chi connectivity index (χ1n) is 9.65. The smallest absolute Gasteiger partial charge is 1.00 e. The summed E-state index contributed by atoms with van der Waals surface area (Å²) in [7, 11) is 0. The number of aromatic nitrogens is 1. The van der Waals surface area contributed by atoms with E-state index in [4.69, 9.17) is 0 Å². The molecule has 0 radical (unpaired) electrons. The normalized spacial score (nSPS) is 17.3. The van der Waals surface area contributed by atoms with Crippen LogP contribution in [0.3, 0.4) is 0 Å². The van der Waals surface area contributed by atoms with Crippen molar-refractivity contribution in [1.29, 1.82) is 0 Å². The Morgan fingerprint density at radius 3 is 2.41 bits per heavy atom. The Bertz CT molecular complexity index is 1170. The number of halogens is 2. The van der Waals surface area contributed by atoms with Crippen LogP contribution in [-0.2, 0) is 23.2 Å². The van der Waals surface area contributed by atoms with E-state index >= 15 is 0 Å². The molecule has 1 unspecified atom stereocenters. The molecule has 4 heteroatoms. The molecule has 29 heavy (non-hydrogen) atoms. The summed E-state index contributed by atoms with van der Waals surface area (Å²) in [4.78, 5) is 0. The van der Waals surface area contributed by atoms with Gasteiger partial charge in [0.25, 0.3) is 0 Å². The van der Waals surface area contributed by atoms with Crippen LogP contribution in [0, 0.1) is 6.92 Å². The Balaban J connectivity index is 0.00000120. The number of nitrogens with zero attached hydrogens (tertiary/aromatic N) is 1. The quantitative estimate of drug-likeness (QED) is 0.426. The molecule has 0 aliphatic heterocycles. The number of para-hydroxylation sites is 1. The van der Waals surface area contributed by atoms with Gasteiger partial charge in [-0.2, -0.15) is 0 Å². The van der Waals surface area contributed by atoms with Crippen LogP contribution in [0.2, 0.25) is 0 Å². The van der Waals surface area contributed by atoms with E-state index in [0.29, 0.717) is 3.63 Å². The number of aryl methyl sites for hydroxylation is 1. The summed E-state index contributed by atoms with van der Waals surface area (Å²) in [6, 6.07) is 20.1. The first-order chi connectivity index (χ1) is 13.1. The van der Waals surface area contributed by atoms with Gasteiger partial charge >= 0.3 is 173 Å². The summed E-state index contributed by atoms with van der Waals surface area (Å²) < 4.78 is 4.87. The third kappa shape index (κ3) is 3.89. The molecule has 146 valence electrons. The van der Waals surface area contributed by atoms with Gasteiger partial charge in [-0.05, 0) is 0 Å². The topological polar surface area (TPSA) is 4.93 Å². The van der Waals surface area contributed by atoms with Crippen molar-refractivity contribution < 1.29 is 57.2 Å². The summed E-state index contributed by atoms with van der Waals surface area (Å²) in [6.07, 6.45) is 6.05. The van der Waals surface area contributed by atoms with Gasteiger partial charge in [-0.1, -0.05) is 0 Å². The summed E-state index contributed by atoms with van der Waals surface area (Å²) in [5, 5.41) is 1.34. The zero-order valence-corrected chi connectivity index (χ0v) is 22.5. The van der Waals surface area contributed by atoms with Crippen molar-refractivity contribution in [3.8, 4) is 0 Å². The molecule has 3 aromatic rings. The maximum absolute atomic E-state index is 2.52. The first-order valence-corrected chi connectivity index (χ1v) is 12.3. The van der Waals surface area contributed by atoms with Crippen LogP contribution in [0.15, 0.2) is 75.1 Å². The van der Waals surface area contributed by atoms with E-state index in [1.807, 2.05) is 0 Å². The zero-order chi connectivity index (χ0) is 18.5. The minimum atomic E-state index is -0.783. The molecule has 0 saturated carbocycles. The summed E-state index contributed by atoms with van der Waals surface area (Å²) >= 11 is -0.783. The second-order valence-corrected chi connectivity index (χ2v) is 11.3. The fourth-order valence-corrected chi connectivity index (χ4v) is 8.76. The molecule has 0 spiro atoms. The average molecular weight is 588 g/mol. The summed E-state index contributed by atoms with van der Waals surface area (Å²) in [5.74, 6) is 0. The monoisotopic (exact) mass is 585 g/mol. The van der Waals surface area contributed by atoms with Crippen LogP contribution in [0.4, 0.5) is 0 Å². The van der Waals surface area contributed by atoms with E-state index in [9.17, 15) is 0 Å². The Morgan fingerprint density at radius 2 is 1.66 bits per heavy atom. The number of hydrogen-bond acceptors (Lipinski definition) is 0. The molecule has 0 saturated heterocycles. The minimum absolute atomic E-state index is 0. The van der Waals surface area contributed by atoms with Crippen molar-refractivity contribution in [1.82, 2.24) is 4.57 Å². The maximum Gasteiger partial charge on any atom is -1.00 e. The average Bonchev–Trinajstić information content (AvgIpc) is 3.30. The van der Waals surface area contributed by atoms with Crippen molar-refractivity contribution >= 4 is 22.7 Å². The van der Waals surface area contributed by atoms with Gasteiger partial charge in [0.05, 0.1) is 0 Å². The second-order valence-electron chi connectivity index (χ2n) is 7.65. The molecule has 5 rings (SSSR count). The fourth-order valence-electron chi connectivity index (χ4n) is 4.43. The van der Waals surface area contributed by atoms with Crippen molar-refractivity contribution in [2.75, 3.05) is 0 Å². The molecular weight excluding hydrogens is 565 g/mol. The molecular formula is C25H23Br2NZr. The van der Waals surface area contributed by atoms with Crippen molar-refractivity contribution in [2.24, 2.45) is 0 Å². The van der Waals surface area contributed by atoms with Gasteiger partial charge in [0.2, 0.25) is 0 Å². The third-order valence-electron chi connectivity index (χ3n) is 6.03.